The summed E-state index contributed by atoms with van der Waals surface area (Å²) in [7, 11) is 2.98. The molecule has 0 radical (unpaired) electrons. The van der Waals surface area contributed by atoms with Gasteiger partial charge in [-0.15, -0.1) is 11.8 Å². The first kappa shape index (κ1) is 20.3. The number of hydrogen-bond acceptors (Lipinski definition) is 6. The molecule has 1 N–H and O–H groups in total. The number of rotatable bonds is 7. The van der Waals surface area contributed by atoms with E-state index in [1.54, 1.807) is 42.5 Å². The van der Waals surface area contributed by atoms with Crippen molar-refractivity contribution in [3.63, 3.8) is 0 Å². The molecule has 1 aliphatic heterocycles. The van der Waals surface area contributed by atoms with Crippen molar-refractivity contribution in [2.24, 2.45) is 0 Å². The molecular weight excluding hydrogens is 402 g/mol. The largest absolute Gasteiger partial charge is 0.497 e. The number of halogens is 1. The van der Waals surface area contributed by atoms with Gasteiger partial charge in [0.15, 0.2) is 0 Å². The fraction of sp³-hybridized carbons (Fsp3) is 0.200. The van der Waals surface area contributed by atoms with E-state index in [0.29, 0.717) is 33.5 Å². The second kappa shape index (κ2) is 8.68. The van der Waals surface area contributed by atoms with Crippen molar-refractivity contribution in [3.05, 3.63) is 58.0 Å². The lowest BCUT2D eigenvalue weighted by Crippen LogP contribution is -2.31. The molecule has 3 rings (SSSR count). The van der Waals surface area contributed by atoms with Crippen LogP contribution in [0.5, 0.6) is 11.5 Å². The number of thioether (sulfide) groups is 1. The van der Waals surface area contributed by atoms with E-state index in [9.17, 15) is 14.7 Å². The van der Waals surface area contributed by atoms with Crippen LogP contribution in [0.15, 0.2) is 47.4 Å². The molecule has 0 spiro atoms. The van der Waals surface area contributed by atoms with Gasteiger partial charge >= 0.3 is 0 Å². The van der Waals surface area contributed by atoms with Gasteiger partial charge < -0.3 is 14.6 Å². The van der Waals surface area contributed by atoms with Crippen molar-refractivity contribution < 1.29 is 24.2 Å². The predicted molar refractivity (Wildman–Crippen MR) is 110 cm³/mol. The molecule has 0 unspecified atom stereocenters. The van der Waals surface area contributed by atoms with E-state index in [4.69, 9.17) is 21.1 Å². The molecular formula is C20H18ClNO5S. The number of amides is 2. The summed E-state index contributed by atoms with van der Waals surface area (Å²) >= 11 is 7.09. The van der Waals surface area contributed by atoms with Gasteiger partial charge in [0, 0.05) is 29.0 Å². The van der Waals surface area contributed by atoms with Gasteiger partial charge in [-0.1, -0.05) is 23.7 Å². The minimum Gasteiger partial charge on any atom is -0.497 e. The Morgan fingerprint density at radius 1 is 1.00 bits per heavy atom. The predicted octanol–water partition coefficient (Wildman–Crippen LogP) is 3.37. The Kier molecular flexibility index (Phi) is 6.28. The molecule has 0 atom stereocenters. The quantitative estimate of drug-likeness (QED) is 0.693. The van der Waals surface area contributed by atoms with E-state index in [2.05, 4.69) is 0 Å². The highest BCUT2D eigenvalue weighted by Gasteiger charge is 2.40. The number of imide groups is 1. The zero-order valence-corrected chi connectivity index (χ0v) is 16.8. The highest BCUT2D eigenvalue weighted by molar-refractivity contribution is 8.04. The highest BCUT2D eigenvalue weighted by atomic mass is 35.5. The molecule has 28 heavy (non-hydrogen) atoms. The first-order valence-electron chi connectivity index (χ1n) is 8.36. The van der Waals surface area contributed by atoms with Crippen LogP contribution in [-0.4, -0.2) is 43.5 Å². The molecule has 0 aliphatic carbocycles. The number of anilines is 1. The first-order chi connectivity index (χ1) is 13.5. The topological polar surface area (TPSA) is 76.1 Å². The molecule has 1 heterocycles. The Morgan fingerprint density at radius 2 is 1.61 bits per heavy atom. The van der Waals surface area contributed by atoms with E-state index in [0.717, 1.165) is 16.7 Å². The Balaban J connectivity index is 2.09. The number of aliphatic hydroxyl groups is 1. The Labute approximate surface area is 171 Å². The molecule has 0 bridgehead atoms. The third-order valence-electron chi connectivity index (χ3n) is 4.11. The fourth-order valence-electron chi connectivity index (χ4n) is 2.82. The second-order valence-corrected chi connectivity index (χ2v) is 7.34. The summed E-state index contributed by atoms with van der Waals surface area (Å²) in [5, 5.41) is 9.72. The van der Waals surface area contributed by atoms with Crippen molar-refractivity contribution in [2.75, 3.05) is 31.5 Å². The van der Waals surface area contributed by atoms with Gasteiger partial charge in [-0.3, -0.25) is 9.59 Å². The molecule has 2 aromatic carbocycles. The fourth-order valence-corrected chi connectivity index (χ4v) is 3.80. The molecule has 6 nitrogen and oxygen atoms in total. The van der Waals surface area contributed by atoms with Crippen molar-refractivity contribution in [3.8, 4) is 11.5 Å². The molecule has 0 saturated heterocycles. The van der Waals surface area contributed by atoms with Crippen LogP contribution in [0.1, 0.15) is 5.56 Å². The van der Waals surface area contributed by atoms with Gasteiger partial charge in [-0.2, -0.15) is 0 Å². The lowest BCUT2D eigenvalue weighted by atomic mass is 10.1. The molecule has 8 heteroatoms. The Morgan fingerprint density at radius 3 is 2.14 bits per heavy atom. The summed E-state index contributed by atoms with van der Waals surface area (Å²) in [4.78, 5) is 27.7. The van der Waals surface area contributed by atoms with Crippen LogP contribution in [0, 0.1) is 0 Å². The molecule has 146 valence electrons. The average molecular weight is 420 g/mol. The van der Waals surface area contributed by atoms with Crippen molar-refractivity contribution in [1.29, 1.82) is 0 Å². The van der Waals surface area contributed by atoms with Gasteiger partial charge in [0.05, 0.1) is 37.0 Å². The number of methoxy groups -OCH3 is 2. The van der Waals surface area contributed by atoms with Crippen LogP contribution in [0.2, 0.25) is 5.02 Å². The van der Waals surface area contributed by atoms with Crippen LogP contribution in [0.4, 0.5) is 5.69 Å². The standard InChI is InChI=1S/C20H18ClNO5S/c1-26-15-9-14(10-16(11-15)27-2)22-19(24)17(12-3-5-13(21)6-4-12)18(20(22)25)28-8-7-23/h3-6,9-11,23H,7-8H2,1-2H3. The van der Waals surface area contributed by atoms with Gasteiger partial charge in [0.2, 0.25) is 0 Å². The molecule has 0 saturated carbocycles. The van der Waals surface area contributed by atoms with Crippen LogP contribution < -0.4 is 14.4 Å². The van der Waals surface area contributed by atoms with E-state index < -0.39 is 11.8 Å². The normalized spacial score (nSPS) is 14.1. The first-order valence-corrected chi connectivity index (χ1v) is 9.72. The smallest absolute Gasteiger partial charge is 0.272 e. The van der Waals surface area contributed by atoms with Crippen LogP contribution >= 0.6 is 23.4 Å². The number of benzene rings is 2. The van der Waals surface area contributed by atoms with Gasteiger partial charge in [0.25, 0.3) is 11.8 Å². The van der Waals surface area contributed by atoms with Gasteiger partial charge in [0.1, 0.15) is 11.5 Å². The number of nitrogens with zero attached hydrogens (tertiary/aromatic N) is 1. The number of hydrogen-bond donors (Lipinski definition) is 1. The number of ether oxygens (including phenoxy) is 2. The maximum Gasteiger partial charge on any atom is 0.272 e. The van der Waals surface area contributed by atoms with E-state index in [-0.39, 0.29) is 17.1 Å². The minimum atomic E-state index is -0.455. The van der Waals surface area contributed by atoms with E-state index in [1.165, 1.54) is 14.2 Å². The second-order valence-electron chi connectivity index (χ2n) is 5.80. The maximum atomic E-state index is 13.2. The molecule has 2 aromatic rings. The Bertz CT molecular complexity index is 920. The Hall–Kier alpha value is -2.48. The third-order valence-corrected chi connectivity index (χ3v) is 5.41. The summed E-state index contributed by atoms with van der Waals surface area (Å²) in [5.41, 5.74) is 1.21. The van der Waals surface area contributed by atoms with E-state index >= 15 is 0 Å². The summed E-state index contributed by atoms with van der Waals surface area (Å²) in [5.74, 6) is 0.298. The van der Waals surface area contributed by atoms with Crippen LogP contribution in [0.25, 0.3) is 5.57 Å². The van der Waals surface area contributed by atoms with Crippen LogP contribution in [0.3, 0.4) is 0 Å². The zero-order valence-electron chi connectivity index (χ0n) is 15.3. The average Bonchev–Trinajstić information content (AvgIpc) is 2.96. The van der Waals surface area contributed by atoms with Crippen molar-refractivity contribution >= 4 is 46.4 Å². The maximum absolute atomic E-state index is 13.2. The van der Waals surface area contributed by atoms with Gasteiger partial charge in [-0.25, -0.2) is 4.90 Å². The van der Waals surface area contributed by atoms with Crippen molar-refractivity contribution in [1.82, 2.24) is 0 Å². The molecule has 0 aromatic heterocycles. The summed E-state index contributed by atoms with van der Waals surface area (Å²) in [6, 6.07) is 11.6. The number of carbonyl (C=O) groups is 2. The SMILES string of the molecule is COc1cc(OC)cc(N2C(=O)C(SCCO)=C(c3ccc(Cl)cc3)C2=O)c1. The molecule has 2 amide bonds. The highest BCUT2D eigenvalue weighted by Crippen LogP contribution is 2.40. The third kappa shape index (κ3) is 3.87. The van der Waals surface area contributed by atoms with Crippen molar-refractivity contribution in [2.45, 2.75) is 0 Å². The summed E-state index contributed by atoms with van der Waals surface area (Å²) in [6.07, 6.45) is 0. The minimum absolute atomic E-state index is 0.115. The zero-order chi connectivity index (χ0) is 20.3. The number of carbonyl (C=O) groups excluding carboxylic acids is 2. The monoisotopic (exact) mass is 419 g/mol. The molecule has 0 fully saturated rings. The molecule has 1 aliphatic rings. The van der Waals surface area contributed by atoms with E-state index in [1.807, 2.05) is 0 Å². The summed E-state index contributed by atoms with van der Waals surface area (Å²) < 4.78 is 10.5. The van der Waals surface area contributed by atoms with Crippen LogP contribution in [-0.2, 0) is 9.59 Å². The lowest BCUT2D eigenvalue weighted by molar-refractivity contribution is -0.119. The number of aliphatic hydroxyl groups excluding tert-OH is 1. The van der Waals surface area contributed by atoms with Gasteiger partial charge in [-0.05, 0) is 17.7 Å². The summed E-state index contributed by atoms with van der Waals surface area (Å²) in [6.45, 7) is -0.115. The lowest BCUT2D eigenvalue weighted by Gasteiger charge is -2.17.